The van der Waals surface area contributed by atoms with E-state index in [1.807, 2.05) is 6.07 Å². The molecule has 1 aliphatic heterocycles. The highest BCUT2D eigenvalue weighted by atomic mass is 19.0. The lowest BCUT2D eigenvalue weighted by atomic mass is 9.93. The zero-order chi connectivity index (χ0) is 15.5. The highest BCUT2D eigenvalue weighted by Gasteiger charge is 2.21. The molecular formula is C19H24FNO2. The number of nitrogens with zero attached hydrogens (tertiary/aromatic N) is 1. The molecule has 23 heavy (non-hydrogen) atoms. The van der Waals surface area contributed by atoms with Crippen molar-refractivity contribution in [3.05, 3.63) is 59.7 Å². The second-order valence-electron chi connectivity index (χ2n) is 6.04. The van der Waals surface area contributed by atoms with E-state index in [2.05, 4.69) is 68.3 Å². The van der Waals surface area contributed by atoms with Crippen molar-refractivity contribution in [1.82, 2.24) is 4.90 Å². The van der Waals surface area contributed by atoms with Gasteiger partial charge in [-0.2, -0.15) is 0 Å². The third-order valence-corrected chi connectivity index (χ3v) is 4.62. The van der Waals surface area contributed by atoms with Gasteiger partial charge in [-0.05, 0) is 43.1 Å². The molecule has 0 unspecified atom stereocenters. The van der Waals surface area contributed by atoms with Crippen molar-refractivity contribution in [2.24, 2.45) is 0 Å². The van der Waals surface area contributed by atoms with Crippen molar-refractivity contribution in [3.63, 3.8) is 0 Å². The molecule has 0 bridgehead atoms. The Morgan fingerprint density at radius 3 is 2.43 bits per heavy atom. The van der Waals surface area contributed by atoms with Gasteiger partial charge in [-0.3, -0.25) is 9.60 Å². The average Bonchev–Trinajstić information content (AvgIpc) is 3.02. The van der Waals surface area contributed by atoms with Gasteiger partial charge in [0, 0.05) is 12.6 Å². The lowest BCUT2D eigenvalue weighted by Crippen LogP contribution is -2.32. The first-order valence-electron chi connectivity index (χ1n) is 7.79. The molecule has 124 valence electrons. The molecule has 2 aromatic rings. The highest BCUT2D eigenvalue weighted by Crippen LogP contribution is 2.35. The molecule has 0 N–H and O–H groups in total. The smallest absolute Gasteiger partial charge is 0.231 e. The van der Waals surface area contributed by atoms with Crippen LogP contribution in [0, 0.1) is 0 Å². The number of likely N-dealkylation sites (N-methyl/N-ethyl adjacent to an activating group) is 1. The fourth-order valence-electron chi connectivity index (χ4n) is 2.87. The molecule has 2 aromatic carbocycles. The summed E-state index contributed by atoms with van der Waals surface area (Å²) in [4.78, 5) is 2.39. The molecule has 0 radical (unpaired) electrons. The van der Waals surface area contributed by atoms with E-state index in [4.69, 9.17) is 9.47 Å². The number of hydrogen-bond acceptors (Lipinski definition) is 3. The van der Waals surface area contributed by atoms with Crippen LogP contribution >= 0.6 is 0 Å². The van der Waals surface area contributed by atoms with Gasteiger partial charge in [0.05, 0.1) is 0 Å². The van der Waals surface area contributed by atoms with Crippen molar-refractivity contribution in [2.75, 3.05) is 13.8 Å². The van der Waals surface area contributed by atoms with E-state index >= 15 is 0 Å². The summed E-state index contributed by atoms with van der Waals surface area (Å²) in [6.07, 6.45) is 0. The molecule has 0 saturated carbocycles. The molecule has 0 aromatic heterocycles. The van der Waals surface area contributed by atoms with E-state index < -0.39 is 0 Å². The van der Waals surface area contributed by atoms with Crippen LogP contribution in [0.5, 0.6) is 11.5 Å². The molecule has 1 heterocycles. The minimum atomic E-state index is 0. The Hall–Kier alpha value is -2.07. The van der Waals surface area contributed by atoms with Crippen molar-refractivity contribution in [2.45, 2.75) is 32.4 Å². The quantitative estimate of drug-likeness (QED) is 0.825. The molecule has 2 atom stereocenters. The van der Waals surface area contributed by atoms with Gasteiger partial charge < -0.3 is 9.47 Å². The minimum absolute atomic E-state index is 0. The standard InChI is InChI=1S/C19H23NO2.FH/c1-14(17-9-10-18-19(11-17)22-13-21-18)15(2)20(3)12-16-7-5-4-6-8-16;/h4-11,14-15H,12-13H2,1-3H3;1H/t14-,15-;/m0./s1. The van der Waals surface area contributed by atoms with Crippen molar-refractivity contribution in [3.8, 4) is 11.5 Å². The first-order valence-corrected chi connectivity index (χ1v) is 7.79. The van der Waals surface area contributed by atoms with E-state index in [1.54, 1.807) is 0 Å². The first-order chi connectivity index (χ1) is 10.6. The monoisotopic (exact) mass is 317 g/mol. The van der Waals surface area contributed by atoms with Gasteiger partial charge in [-0.15, -0.1) is 0 Å². The van der Waals surface area contributed by atoms with Gasteiger partial charge >= 0.3 is 0 Å². The summed E-state index contributed by atoms with van der Waals surface area (Å²) in [6, 6.07) is 17.3. The van der Waals surface area contributed by atoms with Crippen molar-refractivity contribution in [1.29, 1.82) is 0 Å². The number of ether oxygens (including phenoxy) is 2. The van der Waals surface area contributed by atoms with Gasteiger partial charge in [0.2, 0.25) is 6.79 Å². The summed E-state index contributed by atoms with van der Waals surface area (Å²) >= 11 is 0. The molecule has 0 spiro atoms. The number of rotatable bonds is 5. The van der Waals surface area contributed by atoms with Crippen molar-refractivity contribution >= 4 is 0 Å². The van der Waals surface area contributed by atoms with E-state index in [0.29, 0.717) is 18.8 Å². The predicted molar refractivity (Wildman–Crippen MR) is 90.9 cm³/mol. The zero-order valence-corrected chi connectivity index (χ0v) is 13.9. The number of benzene rings is 2. The molecule has 0 saturated heterocycles. The van der Waals surface area contributed by atoms with Crippen LogP contribution < -0.4 is 9.47 Å². The largest absolute Gasteiger partial charge is 0.454 e. The lowest BCUT2D eigenvalue weighted by molar-refractivity contribution is 0.174. The molecule has 3 rings (SSSR count). The zero-order valence-electron chi connectivity index (χ0n) is 13.9. The average molecular weight is 317 g/mol. The SMILES string of the molecule is C[C@H](c1ccc2c(c1)OCO2)[C@H](C)N(C)Cc1ccccc1.F. The van der Waals surface area contributed by atoms with Crippen LogP contribution in [0.4, 0.5) is 4.70 Å². The van der Waals surface area contributed by atoms with E-state index in [9.17, 15) is 0 Å². The summed E-state index contributed by atoms with van der Waals surface area (Å²) in [5.74, 6) is 2.13. The third kappa shape index (κ3) is 3.82. The first kappa shape index (κ1) is 17.3. The Bertz CT molecular complexity index is 633. The summed E-state index contributed by atoms with van der Waals surface area (Å²) in [5, 5.41) is 0. The van der Waals surface area contributed by atoms with Crippen LogP contribution in [0.1, 0.15) is 30.9 Å². The number of halogens is 1. The number of hydrogen-bond donors (Lipinski definition) is 0. The summed E-state index contributed by atoms with van der Waals surface area (Å²) < 4.78 is 10.9. The Kier molecular flexibility index (Phi) is 5.61. The number of fused-ring (bicyclic) bond motifs is 1. The van der Waals surface area contributed by atoms with Crippen LogP contribution in [0.2, 0.25) is 0 Å². The second kappa shape index (κ2) is 7.47. The Labute approximate surface area is 137 Å². The van der Waals surface area contributed by atoms with Crippen LogP contribution in [0.15, 0.2) is 48.5 Å². The molecule has 0 fully saturated rings. The Morgan fingerprint density at radius 1 is 1.00 bits per heavy atom. The van der Waals surface area contributed by atoms with Gasteiger partial charge in [-0.1, -0.05) is 43.3 Å². The van der Waals surface area contributed by atoms with Crippen LogP contribution in [0.3, 0.4) is 0 Å². The van der Waals surface area contributed by atoms with E-state index in [1.165, 1.54) is 11.1 Å². The molecule has 1 aliphatic rings. The predicted octanol–water partition coefficient (Wildman–Crippen LogP) is 4.19. The van der Waals surface area contributed by atoms with Crippen LogP contribution in [-0.4, -0.2) is 24.8 Å². The maximum atomic E-state index is 5.49. The summed E-state index contributed by atoms with van der Waals surface area (Å²) in [7, 11) is 2.18. The van der Waals surface area contributed by atoms with Gasteiger partial charge in [0.25, 0.3) is 0 Å². The Morgan fingerprint density at radius 2 is 1.70 bits per heavy atom. The summed E-state index contributed by atoms with van der Waals surface area (Å²) in [6.45, 7) is 5.83. The minimum Gasteiger partial charge on any atom is -0.454 e. The summed E-state index contributed by atoms with van der Waals surface area (Å²) in [5.41, 5.74) is 2.63. The van der Waals surface area contributed by atoms with Crippen LogP contribution in [0.25, 0.3) is 0 Å². The van der Waals surface area contributed by atoms with E-state index in [-0.39, 0.29) is 4.70 Å². The molecule has 0 amide bonds. The molecule has 0 aliphatic carbocycles. The molecule has 3 nitrogen and oxygen atoms in total. The Balaban J connectivity index is 0.00000192. The van der Waals surface area contributed by atoms with Crippen molar-refractivity contribution < 1.29 is 14.2 Å². The van der Waals surface area contributed by atoms with Gasteiger partial charge in [0.1, 0.15) is 0 Å². The maximum absolute atomic E-state index is 5.49. The van der Waals surface area contributed by atoms with Gasteiger partial charge in [-0.25, -0.2) is 0 Å². The fraction of sp³-hybridized carbons (Fsp3) is 0.368. The third-order valence-electron chi connectivity index (χ3n) is 4.62. The molecule has 4 heteroatoms. The van der Waals surface area contributed by atoms with Gasteiger partial charge in [0.15, 0.2) is 11.5 Å². The normalized spacial score (nSPS) is 15.1. The van der Waals surface area contributed by atoms with E-state index in [0.717, 1.165) is 18.0 Å². The maximum Gasteiger partial charge on any atom is 0.231 e. The molecular weight excluding hydrogens is 293 g/mol. The lowest BCUT2D eigenvalue weighted by Gasteiger charge is -2.30. The fourth-order valence-corrected chi connectivity index (χ4v) is 2.87. The second-order valence-corrected chi connectivity index (χ2v) is 6.04. The topological polar surface area (TPSA) is 21.7 Å². The highest BCUT2D eigenvalue weighted by molar-refractivity contribution is 5.45. The van der Waals surface area contributed by atoms with Crippen LogP contribution in [-0.2, 0) is 6.54 Å².